The molecule has 2 N–H and O–H groups in total. The Labute approximate surface area is 121 Å². The predicted octanol–water partition coefficient (Wildman–Crippen LogP) is 1.88. The molecule has 0 bridgehead atoms. The van der Waals surface area contributed by atoms with Crippen LogP contribution in [0.3, 0.4) is 0 Å². The van der Waals surface area contributed by atoms with E-state index in [0.717, 1.165) is 6.42 Å². The standard InChI is InChI=1S/C14H22N2O3S/c1-3-9-16(10-4-2)20(17,18)12-11-19-14-8-6-5-7-13(14)15/h3,5-8H,1,4,9-12,15H2,2H3. The van der Waals surface area contributed by atoms with Crippen molar-refractivity contribution >= 4 is 15.7 Å². The molecule has 0 aliphatic heterocycles. The lowest BCUT2D eigenvalue weighted by molar-refractivity contribution is 0.337. The van der Waals surface area contributed by atoms with Crippen molar-refractivity contribution in [2.24, 2.45) is 0 Å². The molecule has 6 heteroatoms. The number of ether oxygens (including phenoxy) is 1. The summed E-state index contributed by atoms with van der Waals surface area (Å²) in [5, 5.41) is 0. The lowest BCUT2D eigenvalue weighted by Crippen LogP contribution is -2.35. The maximum absolute atomic E-state index is 12.2. The minimum Gasteiger partial charge on any atom is -0.490 e. The maximum atomic E-state index is 12.2. The Morgan fingerprint density at radius 3 is 2.70 bits per heavy atom. The molecule has 0 amide bonds. The van der Waals surface area contributed by atoms with Crippen LogP contribution in [-0.2, 0) is 10.0 Å². The van der Waals surface area contributed by atoms with Crippen molar-refractivity contribution in [3.63, 3.8) is 0 Å². The zero-order valence-electron chi connectivity index (χ0n) is 11.8. The van der Waals surface area contributed by atoms with Gasteiger partial charge in [0.1, 0.15) is 12.4 Å². The Kier molecular flexibility index (Phi) is 6.54. The number of anilines is 1. The minimum absolute atomic E-state index is 0.0742. The molecule has 0 aliphatic carbocycles. The van der Waals surface area contributed by atoms with E-state index in [-0.39, 0.29) is 12.4 Å². The highest BCUT2D eigenvalue weighted by atomic mass is 32.2. The first kappa shape index (κ1) is 16.5. The zero-order chi connectivity index (χ0) is 15.0. The maximum Gasteiger partial charge on any atom is 0.217 e. The Hall–Kier alpha value is -1.53. The van der Waals surface area contributed by atoms with Gasteiger partial charge >= 0.3 is 0 Å². The molecule has 0 radical (unpaired) electrons. The summed E-state index contributed by atoms with van der Waals surface area (Å²) in [6.45, 7) is 6.41. The van der Waals surface area contributed by atoms with Gasteiger partial charge in [-0.15, -0.1) is 6.58 Å². The predicted molar refractivity (Wildman–Crippen MR) is 82.2 cm³/mol. The molecular formula is C14H22N2O3S. The SMILES string of the molecule is C=CCN(CCC)S(=O)(=O)CCOc1ccccc1N. The number of hydrogen-bond acceptors (Lipinski definition) is 4. The summed E-state index contributed by atoms with van der Waals surface area (Å²) < 4.78 is 31.1. The summed E-state index contributed by atoms with van der Waals surface area (Å²) in [4.78, 5) is 0. The number of nitrogen functional groups attached to an aromatic ring is 1. The summed E-state index contributed by atoms with van der Waals surface area (Å²) in [5.74, 6) is 0.434. The van der Waals surface area contributed by atoms with E-state index < -0.39 is 10.0 Å². The second kappa shape index (κ2) is 7.91. The van der Waals surface area contributed by atoms with Gasteiger partial charge in [0.25, 0.3) is 0 Å². The van der Waals surface area contributed by atoms with E-state index >= 15 is 0 Å². The Bertz CT molecular complexity index is 529. The lowest BCUT2D eigenvalue weighted by Gasteiger charge is -2.20. The second-order valence-electron chi connectivity index (χ2n) is 4.35. The first-order valence-electron chi connectivity index (χ1n) is 6.57. The first-order chi connectivity index (χ1) is 9.51. The van der Waals surface area contributed by atoms with Gasteiger partial charge in [-0.1, -0.05) is 25.1 Å². The summed E-state index contributed by atoms with van der Waals surface area (Å²) in [6, 6.07) is 7.02. The average Bonchev–Trinajstić information content (AvgIpc) is 2.40. The molecular weight excluding hydrogens is 276 g/mol. The molecule has 0 saturated heterocycles. The molecule has 0 aliphatic rings. The third kappa shape index (κ3) is 4.86. The molecule has 1 rings (SSSR count). The molecule has 0 atom stereocenters. The van der Waals surface area contributed by atoms with Crippen LogP contribution in [0, 0.1) is 0 Å². The van der Waals surface area contributed by atoms with Gasteiger partial charge in [0.2, 0.25) is 10.0 Å². The average molecular weight is 298 g/mol. The Morgan fingerprint density at radius 1 is 1.40 bits per heavy atom. The molecule has 0 unspecified atom stereocenters. The van der Waals surface area contributed by atoms with E-state index in [9.17, 15) is 8.42 Å². The van der Waals surface area contributed by atoms with Gasteiger partial charge in [-0.3, -0.25) is 0 Å². The number of hydrogen-bond donors (Lipinski definition) is 1. The van der Waals surface area contributed by atoms with Crippen LogP contribution in [0.2, 0.25) is 0 Å². The van der Waals surface area contributed by atoms with E-state index in [1.54, 1.807) is 30.3 Å². The fourth-order valence-electron chi connectivity index (χ4n) is 1.74. The fourth-order valence-corrected chi connectivity index (χ4v) is 3.08. The van der Waals surface area contributed by atoms with Gasteiger partial charge in [0.05, 0.1) is 11.4 Å². The molecule has 0 fully saturated rings. The Morgan fingerprint density at radius 2 is 2.10 bits per heavy atom. The molecule has 112 valence electrons. The van der Waals surface area contributed by atoms with Crippen LogP contribution in [0.4, 0.5) is 5.69 Å². The second-order valence-corrected chi connectivity index (χ2v) is 6.44. The van der Waals surface area contributed by atoms with Crippen molar-refractivity contribution in [1.29, 1.82) is 0 Å². The fraction of sp³-hybridized carbons (Fsp3) is 0.429. The third-order valence-electron chi connectivity index (χ3n) is 2.72. The van der Waals surface area contributed by atoms with Gasteiger partial charge in [0, 0.05) is 13.1 Å². The minimum atomic E-state index is -3.33. The number of para-hydroxylation sites is 2. The van der Waals surface area contributed by atoms with E-state index in [2.05, 4.69) is 6.58 Å². The summed E-state index contributed by atoms with van der Waals surface area (Å²) >= 11 is 0. The number of nitrogens with two attached hydrogens (primary N) is 1. The van der Waals surface area contributed by atoms with Gasteiger partial charge in [-0.2, -0.15) is 4.31 Å². The van der Waals surface area contributed by atoms with E-state index in [1.807, 2.05) is 6.92 Å². The Balaban J connectivity index is 2.58. The first-order valence-corrected chi connectivity index (χ1v) is 8.18. The molecule has 1 aromatic carbocycles. The van der Waals surface area contributed by atoms with Crippen molar-refractivity contribution in [2.75, 3.05) is 31.2 Å². The monoisotopic (exact) mass is 298 g/mol. The van der Waals surface area contributed by atoms with Gasteiger partial charge in [-0.25, -0.2) is 8.42 Å². The van der Waals surface area contributed by atoms with Crippen molar-refractivity contribution in [2.45, 2.75) is 13.3 Å². The number of nitrogens with zero attached hydrogens (tertiary/aromatic N) is 1. The lowest BCUT2D eigenvalue weighted by atomic mass is 10.3. The van der Waals surface area contributed by atoms with E-state index in [4.69, 9.17) is 10.5 Å². The number of sulfonamides is 1. The van der Waals surface area contributed by atoms with Gasteiger partial charge in [-0.05, 0) is 18.6 Å². The highest BCUT2D eigenvalue weighted by Gasteiger charge is 2.20. The zero-order valence-corrected chi connectivity index (χ0v) is 12.6. The molecule has 0 aromatic heterocycles. The van der Waals surface area contributed by atoms with Crippen molar-refractivity contribution in [3.8, 4) is 5.75 Å². The van der Waals surface area contributed by atoms with Crippen molar-refractivity contribution < 1.29 is 13.2 Å². The van der Waals surface area contributed by atoms with E-state index in [1.165, 1.54) is 4.31 Å². The molecule has 0 heterocycles. The van der Waals surface area contributed by atoms with Crippen LogP contribution in [0.1, 0.15) is 13.3 Å². The van der Waals surface area contributed by atoms with Crippen LogP contribution < -0.4 is 10.5 Å². The number of rotatable bonds is 9. The van der Waals surface area contributed by atoms with Crippen LogP contribution >= 0.6 is 0 Å². The molecule has 20 heavy (non-hydrogen) atoms. The van der Waals surface area contributed by atoms with Crippen molar-refractivity contribution in [1.82, 2.24) is 4.31 Å². The topological polar surface area (TPSA) is 72.6 Å². The summed E-state index contributed by atoms with van der Waals surface area (Å²) in [5.41, 5.74) is 6.23. The molecule has 1 aromatic rings. The highest BCUT2D eigenvalue weighted by Crippen LogP contribution is 2.19. The largest absolute Gasteiger partial charge is 0.490 e. The van der Waals surface area contributed by atoms with Crippen molar-refractivity contribution in [3.05, 3.63) is 36.9 Å². The third-order valence-corrected chi connectivity index (χ3v) is 4.52. The smallest absolute Gasteiger partial charge is 0.217 e. The van der Waals surface area contributed by atoms with Crippen LogP contribution in [-0.4, -0.2) is 38.2 Å². The van der Waals surface area contributed by atoms with Crippen LogP contribution in [0.5, 0.6) is 5.75 Å². The van der Waals surface area contributed by atoms with Crippen LogP contribution in [0.25, 0.3) is 0 Å². The van der Waals surface area contributed by atoms with Gasteiger partial charge in [0.15, 0.2) is 0 Å². The summed E-state index contributed by atoms with van der Waals surface area (Å²) in [6.07, 6.45) is 2.35. The van der Waals surface area contributed by atoms with Gasteiger partial charge < -0.3 is 10.5 Å². The molecule has 5 nitrogen and oxygen atoms in total. The van der Waals surface area contributed by atoms with E-state index in [0.29, 0.717) is 24.5 Å². The number of benzene rings is 1. The highest BCUT2D eigenvalue weighted by molar-refractivity contribution is 7.89. The normalized spacial score (nSPS) is 11.5. The molecule has 0 saturated carbocycles. The summed E-state index contributed by atoms with van der Waals surface area (Å²) in [7, 11) is -3.33. The molecule has 0 spiro atoms. The van der Waals surface area contributed by atoms with Crippen LogP contribution in [0.15, 0.2) is 36.9 Å². The quantitative estimate of drug-likeness (QED) is 0.558.